The van der Waals surface area contributed by atoms with E-state index in [1.165, 1.54) is 25.0 Å². The highest BCUT2D eigenvalue weighted by Crippen LogP contribution is 2.45. The number of rotatable bonds is 3. The van der Waals surface area contributed by atoms with E-state index in [2.05, 4.69) is 29.6 Å². The molecule has 1 aromatic carbocycles. The molecule has 0 saturated heterocycles. The van der Waals surface area contributed by atoms with E-state index >= 15 is 0 Å². The van der Waals surface area contributed by atoms with E-state index in [0.717, 1.165) is 23.0 Å². The van der Waals surface area contributed by atoms with Crippen LogP contribution in [0.3, 0.4) is 0 Å². The van der Waals surface area contributed by atoms with E-state index in [1.54, 1.807) is 12.1 Å². The van der Waals surface area contributed by atoms with E-state index in [1.807, 2.05) is 6.92 Å². The molecule has 19 heavy (non-hydrogen) atoms. The van der Waals surface area contributed by atoms with Crippen molar-refractivity contribution in [2.75, 3.05) is 0 Å². The van der Waals surface area contributed by atoms with Crippen molar-refractivity contribution in [1.29, 1.82) is 0 Å². The number of nitrogens with zero attached hydrogens (tertiary/aromatic N) is 2. The van der Waals surface area contributed by atoms with Crippen LogP contribution in [0.25, 0.3) is 11.4 Å². The standard InChI is InChI=1S/C16H19FN2/c1-11-10-19(16(2,3)13-6-7-13)15(18-11)12-4-8-14(17)9-5-12/h4-5,8-10,13H,6-7H2,1-3H3. The molecule has 0 unspecified atom stereocenters. The van der Waals surface area contributed by atoms with Gasteiger partial charge in [0.2, 0.25) is 0 Å². The summed E-state index contributed by atoms with van der Waals surface area (Å²) >= 11 is 0. The van der Waals surface area contributed by atoms with Gasteiger partial charge in [0.15, 0.2) is 0 Å². The molecule has 1 aliphatic carbocycles. The van der Waals surface area contributed by atoms with Crippen LogP contribution >= 0.6 is 0 Å². The van der Waals surface area contributed by atoms with Gasteiger partial charge in [-0.3, -0.25) is 0 Å². The summed E-state index contributed by atoms with van der Waals surface area (Å²) in [5.41, 5.74) is 2.06. The molecule has 0 spiro atoms. The van der Waals surface area contributed by atoms with Crippen LogP contribution in [0.15, 0.2) is 30.5 Å². The molecule has 0 radical (unpaired) electrons. The highest BCUT2D eigenvalue weighted by Gasteiger charge is 2.40. The Bertz CT molecular complexity index is 592. The van der Waals surface area contributed by atoms with Gasteiger partial charge in [0.1, 0.15) is 11.6 Å². The lowest BCUT2D eigenvalue weighted by molar-refractivity contribution is 0.307. The van der Waals surface area contributed by atoms with Gasteiger partial charge >= 0.3 is 0 Å². The van der Waals surface area contributed by atoms with Crippen LogP contribution in [0.4, 0.5) is 4.39 Å². The van der Waals surface area contributed by atoms with Crippen LogP contribution < -0.4 is 0 Å². The van der Waals surface area contributed by atoms with Crippen LogP contribution in [0.2, 0.25) is 0 Å². The third kappa shape index (κ3) is 2.18. The lowest BCUT2D eigenvalue weighted by Crippen LogP contribution is -2.28. The first-order valence-electron chi connectivity index (χ1n) is 6.81. The van der Waals surface area contributed by atoms with Crippen molar-refractivity contribution in [2.45, 2.75) is 39.2 Å². The zero-order valence-corrected chi connectivity index (χ0v) is 11.7. The Morgan fingerprint density at radius 3 is 2.42 bits per heavy atom. The normalized spacial score (nSPS) is 15.8. The molecule has 0 amide bonds. The maximum Gasteiger partial charge on any atom is 0.140 e. The Kier molecular flexibility index (Phi) is 2.73. The summed E-state index contributed by atoms with van der Waals surface area (Å²) in [5, 5.41) is 0. The van der Waals surface area contributed by atoms with E-state index in [4.69, 9.17) is 0 Å². The molecule has 1 saturated carbocycles. The average molecular weight is 258 g/mol. The lowest BCUT2D eigenvalue weighted by Gasteiger charge is -2.28. The van der Waals surface area contributed by atoms with Crippen LogP contribution in [0.1, 0.15) is 32.4 Å². The van der Waals surface area contributed by atoms with Crippen molar-refractivity contribution >= 4 is 0 Å². The summed E-state index contributed by atoms with van der Waals surface area (Å²) in [6, 6.07) is 6.59. The van der Waals surface area contributed by atoms with Gasteiger partial charge in [-0.15, -0.1) is 0 Å². The smallest absolute Gasteiger partial charge is 0.140 e. The first-order chi connectivity index (χ1) is 8.98. The summed E-state index contributed by atoms with van der Waals surface area (Å²) in [5.74, 6) is 1.45. The molecule has 1 heterocycles. The molecule has 2 aromatic rings. The average Bonchev–Trinajstić information content (AvgIpc) is 3.14. The van der Waals surface area contributed by atoms with Crippen molar-refractivity contribution in [3.8, 4) is 11.4 Å². The molecule has 1 aliphatic rings. The number of imidazole rings is 1. The van der Waals surface area contributed by atoms with Gasteiger partial charge in [0, 0.05) is 17.3 Å². The predicted octanol–water partition coefficient (Wildman–Crippen LogP) is 4.14. The van der Waals surface area contributed by atoms with Crippen molar-refractivity contribution in [2.24, 2.45) is 5.92 Å². The topological polar surface area (TPSA) is 17.8 Å². The number of hydrogen-bond acceptors (Lipinski definition) is 1. The summed E-state index contributed by atoms with van der Waals surface area (Å²) in [6.07, 6.45) is 4.68. The van der Waals surface area contributed by atoms with Crippen molar-refractivity contribution in [1.82, 2.24) is 9.55 Å². The molecule has 3 rings (SSSR count). The highest BCUT2D eigenvalue weighted by atomic mass is 19.1. The third-order valence-corrected chi connectivity index (χ3v) is 4.13. The highest BCUT2D eigenvalue weighted by molar-refractivity contribution is 5.56. The Morgan fingerprint density at radius 1 is 1.21 bits per heavy atom. The minimum Gasteiger partial charge on any atom is -0.325 e. The molecule has 0 atom stereocenters. The number of hydrogen-bond donors (Lipinski definition) is 0. The molecular weight excluding hydrogens is 239 g/mol. The molecule has 0 bridgehead atoms. The van der Waals surface area contributed by atoms with Crippen LogP contribution in [0, 0.1) is 18.7 Å². The fourth-order valence-electron chi connectivity index (χ4n) is 2.73. The Balaban J connectivity index is 2.08. The number of halogens is 1. The van der Waals surface area contributed by atoms with Crippen molar-refractivity contribution < 1.29 is 4.39 Å². The van der Waals surface area contributed by atoms with E-state index in [9.17, 15) is 4.39 Å². The lowest BCUT2D eigenvalue weighted by atomic mass is 9.97. The summed E-state index contributed by atoms with van der Waals surface area (Å²) < 4.78 is 15.3. The molecule has 0 aliphatic heterocycles. The van der Waals surface area contributed by atoms with Crippen molar-refractivity contribution in [3.63, 3.8) is 0 Å². The quantitative estimate of drug-likeness (QED) is 0.809. The third-order valence-electron chi connectivity index (χ3n) is 4.13. The predicted molar refractivity (Wildman–Crippen MR) is 74.4 cm³/mol. The first kappa shape index (κ1) is 12.4. The van der Waals surface area contributed by atoms with Crippen molar-refractivity contribution in [3.05, 3.63) is 42.0 Å². The first-order valence-corrected chi connectivity index (χ1v) is 6.81. The van der Waals surface area contributed by atoms with Gasteiger partial charge in [0.05, 0.1) is 5.69 Å². The van der Waals surface area contributed by atoms with Crippen LogP contribution in [-0.2, 0) is 5.54 Å². The molecule has 1 aromatic heterocycles. The minimum absolute atomic E-state index is 0.0744. The molecule has 1 fully saturated rings. The van der Waals surface area contributed by atoms with Crippen LogP contribution in [-0.4, -0.2) is 9.55 Å². The zero-order chi connectivity index (χ0) is 13.6. The summed E-state index contributed by atoms with van der Waals surface area (Å²) in [7, 11) is 0. The summed E-state index contributed by atoms with van der Waals surface area (Å²) in [6.45, 7) is 6.53. The number of aromatic nitrogens is 2. The molecule has 3 heteroatoms. The molecular formula is C16H19FN2. The second-order valence-electron chi connectivity index (χ2n) is 6.01. The maximum absolute atomic E-state index is 13.1. The second-order valence-corrected chi connectivity index (χ2v) is 6.01. The molecule has 2 nitrogen and oxygen atoms in total. The van der Waals surface area contributed by atoms with Gasteiger partial charge in [0.25, 0.3) is 0 Å². The van der Waals surface area contributed by atoms with E-state index in [-0.39, 0.29) is 11.4 Å². The van der Waals surface area contributed by atoms with Gasteiger partial charge in [-0.2, -0.15) is 0 Å². The monoisotopic (exact) mass is 258 g/mol. The maximum atomic E-state index is 13.1. The van der Waals surface area contributed by atoms with Crippen LogP contribution in [0.5, 0.6) is 0 Å². The van der Waals surface area contributed by atoms with Gasteiger partial charge < -0.3 is 4.57 Å². The summed E-state index contributed by atoms with van der Waals surface area (Å²) in [4.78, 5) is 4.63. The molecule has 0 N–H and O–H groups in total. The van der Waals surface area contributed by atoms with Gasteiger partial charge in [-0.25, -0.2) is 9.37 Å². The molecule has 100 valence electrons. The minimum atomic E-state index is -0.208. The Labute approximate surface area is 113 Å². The largest absolute Gasteiger partial charge is 0.325 e. The van der Waals surface area contributed by atoms with Gasteiger partial charge in [-0.1, -0.05) is 0 Å². The zero-order valence-electron chi connectivity index (χ0n) is 11.7. The number of benzene rings is 1. The SMILES string of the molecule is Cc1cn(C(C)(C)C2CC2)c(-c2ccc(F)cc2)n1. The number of aryl methyl sites for hydroxylation is 1. The van der Waals surface area contributed by atoms with E-state index in [0.29, 0.717) is 0 Å². The fraction of sp³-hybridized carbons (Fsp3) is 0.438. The Hall–Kier alpha value is -1.64. The fourth-order valence-corrected chi connectivity index (χ4v) is 2.73. The van der Waals surface area contributed by atoms with Gasteiger partial charge in [-0.05, 0) is 63.8 Å². The Morgan fingerprint density at radius 2 is 1.84 bits per heavy atom. The second kappa shape index (κ2) is 4.19. The van der Waals surface area contributed by atoms with E-state index < -0.39 is 0 Å².